The number of hydrogen-bond donors (Lipinski definition) is 1. The zero-order valence-corrected chi connectivity index (χ0v) is 16.5. The fourth-order valence-electron chi connectivity index (χ4n) is 3.02. The van der Waals surface area contributed by atoms with Crippen molar-refractivity contribution in [1.82, 2.24) is 14.9 Å². The van der Waals surface area contributed by atoms with E-state index >= 15 is 0 Å². The highest BCUT2D eigenvalue weighted by molar-refractivity contribution is 7.99. The van der Waals surface area contributed by atoms with Gasteiger partial charge in [-0.3, -0.25) is 0 Å². The smallest absolute Gasteiger partial charge is 0.190 e. The van der Waals surface area contributed by atoms with Crippen molar-refractivity contribution in [3.63, 3.8) is 0 Å². The quantitative estimate of drug-likeness (QED) is 0.623. The lowest BCUT2D eigenvalue weighted by Gasteiger charge is -2.30. The van der Waals surface area contributed by atoms with Crippen LogP contribution >= 0.6 is 23.1 Å². The van der Waals surface area contributed by atoms with Gasteiger partial charge in [0.1, 0.15) is 10.6 Å². The van der Waals surface area contributed by atoms with Gasteiger partial charge in [-0.15, -0.1) is 11.3 Å². The predicted molar refractivity (Wildman–Crippen MR) is 103 cm³/mol. The SMILES string of the molecule is CCN(CC)CCSc1nc(N)c2c3c(sc2n1)COC(C)(C)C3. The highest BCUT2D eigenvalue weighted by atomic mass is 32.2. The third-order valence-corrected chi connectivity index (χ3v) is 6.40. The van der Waals surface area contributed by atoms with Gasteiger partial charge in [-0.25, -0.2) is 9.97 Å². The number of fused-ring (bicyclic) bond motifs is 3. The van der Waals surface area contributed by atoms with Crippen molar-refractivity contribution in [2.45, 2.75) is 51.5 Å². The minimum atomic E-state index is -0.148. The van der Waals surface area contributed by atoms with E-state index in [0.29, 0.717) is 12.4 Å². The molecule has 0 saturated carbocycles. The largest absolute Gasteiger partial charge is 0.383 e. The van der Waals surface area contributed by atoms with Crippen LogP contribution in [-0.2, 0) is 17.8 Å². The minimum absolute atomic E-state index is 0.148. The summed E-state index contributed by atoms with van der Waals surface area (Å²) in [5.41, 5.74) is 7.42. The van der Waals surface area contributed by atoms with E-state index in [1.54, 1.807) is 23.1 Å². The van der Waals surface area contributed by atoms with Crippen LogP contribution in [0.15, 0.2) is 5.16 Å². The van der Waals surface area contributed by atoms with Gasteiger partial charge < -0.3 is 15.4 Å². The van der Waals surface area contributed by atoms with Crippen LogP contribution < -0.4 is 5.73 Å². The molecule has 0 aromatic carbocycles. The van der Waals surface area contributed by atoms with Gasteiger partial charge in [0.25, 0.3) is 0 Å². The number of thioether (sulfide) groups is 1. The van der Waals surface area contributed by atoms with Crippen LogP contribution in [-0.4, -0.2) is 45.9 Å². The maximum absolute atomic E-state index is 6.29. The molecule has 7 heteroatoms. The van der Waals surface area contributed by atoms with Crippen molar-refractivity contribution in [3.8, 4) is 0 Å². The summed E-state index contributed by atoms with van der Waals surface area (Å²) < 4.78 is 5.92. The number of nitrogens with two attached hydrogens (primary N) is 1. The fourth-order valence-corrected chi connectivity index (χ4v) is 5.04. The van der Waals surface area contributed by atoms with Crippen LogP contribution in [0.1, 0.15) is 38.1 Å². The second-order valence-electron chi connectivity index (χ2n) is 6.68. The number of thiophene rings is 1. The second-order valence-corrected chi connectivity index (χ2v) is 8.82. The molecule has 0 unspecified atom stereocenters. The van der Waals surface area contributed by atoms with Crippen molar-refractivity contribution < 1.29 is 4.74 Å². The van der Waals surface area contributed by atoms with Gasteiger partial charge in [0.05, 0.1) is 17.6 Å². The van der Waals surface area contributed by atoms with E-state index in [4.69, 9.17) is 15.5 Å². The Balaban J connectivity index is 1.81. The number of aromatic nitrogens is 2. The van der Waals surface area contributed by atoms with Crippen LogP contribution in [0.3, 0.4) is 0 Å². The fraction of sp³-hybridized carbons (Fsp3) is 0.647. The predicted octanol–water partition coefficient (Wildman–Crippen LogP) is 3.56. The summed E-state index contributed by atoms with van der Waals surface area (Å²) in [6, 6.07) is 0. The molecule has 1 aliphatic rings. The molecule has 0 atom stereocenters. The lowest BCUT2D eigenvalue weighted by Crippen LogP contribution is -2.31. The number of nitrogen functional groups attached to an aromatic ring is 1. The normalized spacial score (nSPS) is 16.7. The van der Waals surface area contributed by atoms with Crippen molar-refractivity contribution in [3.05, 3.63) is 10.4 Å². The minimum Gasteiger partial charge on any atom is -0.383 e. The summed E-state index contributed by atoms with van der Waals surface area (Å²) in [4.78, 5) is 14.0. The first kappa shape index (κ1) is 17.9. The third-order valence-electron chi connectivity index (χ3n) is 4.47. The van der Waals surface area contributed by atoms with Crippen molar-refractivity contribution in [2.24, 2.45) is 0 Å². The monoisotopic (exact) mass is 366 g/mol. The maximum atomic E-state index is 6.29. The lowest BCUT2D eigenvalue weighted by molar-refractivity contribution is -0.0379. The zero-order valence-electron chi connectivity index (χ0n) is 14.9. The molecule has 0 bridgehead atoms. The summed E-state index contributed by atoms with van der Waals surface area (Å²) in [5.74, 6) is 1.59. The molecule has 0 aliphatic carbocycles. The Hall–Kier alpha value is -0.890. The average Bonchev–Trinajstić information content (AvgIpc) is 2.88. The van der Waals surface area contributed by atoms with Gasteiger partial charge in [-0.05, 0) is 32.5 Å². The third kappa shape index (κ3) is 3.69. The molecule has 0 saturated heterocycles. The van der Waals surface area contributed by atoms with Crippen LogP contribution in [0.2, 0.25) is 0 Å². The van der Waals surface area contributed by atoms with Crippen molar-refractivity contribution in [1.29, 1.82) is 0 Å². The van der Waals surface area contributed by atoms with E-state index in [9.17, 15) is 0 Å². The summed E-state index contributed by atoms with van der Waals surface area (Å²) in [7, 11) is 0. The Morgan fingerprint density at radius 2 is 2.04 bits per heavy atom. The highest BCUT2D eigenvalue weighted by Gasteiger charge is 2.30. The zero-order chi connectivity index (χ0) is 17.3. The van der Waals surface area contributed by atoms with Crippen LogP contribution in [0.25, 0.3) is 10.2 Å². The molecule has 5 nitrogen and oxygen atoms in total. The summed E-state index contributed by atoms with van der Waals surface area (Å²) in [5, 5.41) is 1.82. The first-order valence-corrected chi connectivity index (χ1v) is 10.3. The van der Waals surface area contributed by atoms with E-state index in [2.05, 4.69) is 37.6 Å². The van der Waals surface area contributed by atoms with Gasteiger partial charge >= 0.3 is 0 Å². The van der Waals surface area contributed by atoms with E-state index in [1.807, 2.05) is 0 Å². The first-order valence-electron chi connectivity index (χ1n) is 8.50. The molecular weight excluding hydrogens is 340 g/mol. The Bertz CT molecular complexity index is 725. The van der Waals surface area contributed by atoms with Crippen LogP contribution in [0, 0.1) is 0 Å². The number of nitrogens with zero attached hydrogens (tertiary/aromatic N) is 3. The summed E-state index contributed by atoms with van der Waals surface area (Å²) in [6.45, 7) is 12.5. The second kappa shape index (κ2) is 7.15. The molecule has 24 heavy (non-hydrogen) atoms. The number of ether oxygens (including phenoxy) is 1. The first-order chi connectivity index (χ1) is 11.4. The van der Waals surface area contributed by atoms with Crippen LogP contribution in [0.5, 0.6) is 0 Å². The highest BCUT2D eigenvalue weighted by Crippen LogP contribution is 2.40. The molecule has 0 amide bonds. The molecule has 0 fully saturated rings. The van der Waals surface area contributed by atoms with Crippen LogP contribution in [0.4, 0.5) is 5.82 Å². The Kier molecular flexibility index (Phi) is 5.34. The van der Waals surface area contributed by atoms with Gasteiger partial charge in [0.2, 0.25) is 0 Å². The molecule has 0 radical (unpaired) electrons. The molecular formula is C17H26N4OS2. The number of anilines is 1. The Morgan fingerprint density at radius 3 is 2.75 bits per heavy atom. The molecule has 3 rings (SSSR count). The summed E-state index contributed by atoms with van der Waals surface area (Å²) in [6.07, 6.45) is 0.865. The molecule has 2 aromatic rings. The molecule has 1 aliphatic heterocycles. The lowest BCUT2D eigenvalue weighted by atomic mass is 9.94. The molecule has 2 aromatic heterocycles. The van der Waals surface area contributed by atoms with Gasteiger partial charge in [0, 0.05) is 23.6 Å². The molecule has 132 valence electrons. The number of hydrogen-bond acceptors (Lipinski definition) is 7. The van der Waals surface area contributed by atoms with Gasteiger partial charge in [-0.2, -0.15) is 0 Å². The van der Waals surface area contributed by atoms with Crippen molar-refractivity contribution in [2.75, 3.05) is 31.1 Å². The number of rotatable bonds is 6. The maximum Gasteiger partial charge on any atom is 0.190 e. The van der Waals surface area contributed by atoms with Gasteiger partial charge in [-0.1, -0.05) is 25.6 Å². The van der Waals surface area contributed by atoms with E-state index in [-0.39, 0.29) is 5.60 Å². The van der Waals surface area contributed by atoms with E-state index < -0.39 is 0 Å². The Morgan fingerprint density at radius 1 is 1.29 bits per heavy atom. The molecule has 3 heterocycles. The van der Waals surface area contributed by atoms with Gasteiger partial charge in [0.15, 0.2) is 5.16 Å². The summed E-state index contributed by atoms with van der Waals surface area (Å²) >= 11 is 3.38. The van der Waals surface area contributed by atoms with E-state index in [0.717, 1.165) is 47.2 Å². The topological polar surface area (TPSA) is 64.3 Å². The van der Waals surface area contributed by atoms with E-state index in [1.165, 1.54) is 10.4 Å². The standard InChI is InChI=1S/C17H26N4OS2/c1-5-21(6-2)7-8-23-16-19-14(18)13-11-9-17(3,4)22-10-12(11)24-15(13)20-16/h5-10H2,1-4H3,(H2,18,19,20). The van der Waals surface area contributed by atoms with Crippen molar-refractivity contribution >= 4 is 39.1 Å². The molecule has 2 N–H and O–H groups in total. The average molecular weight is 367 g/mol. The Labute approximate surface area is 152 Å². The molecule has 0 spiro atoms.